The molecule has 110 valence electrons. The van der Waals surface area contributed by atoms with Crippen LogP contribution in [-0.2, 0) is 4.79 Å². The summed E-state index contributed by atoms with van der Waals surface area (Å²) in [7, 11) is 0. The summed E-state index contributed by atoms with van der Waals surface area (Å²) in [5, 5.41) is 11.0. The SMILES string of the molecule is N[C@@H]1CCC[C@H]1CC(=O)Nc1ccc(-n2nccn2)cc1. The van der Waals surface area contributed by atoms with Crippen molar-refractivity contribution in [1.29, 1.82) is 0 Å². The molecule has 1 aromatic carbocycles. The first-order valence-electron chi connectivity index (χ1n) is 7.24. The van der Waals surface area contributed by atoms with Gasteiger partial charge >= 0.3 is 0 Å². The Bertz CT molecular complexity index is 593. The van der Waals surface area contributed by atoms with Gasteiger partial charge in [-0.25, -0.2) is 0 Å². The van der Waals surface area contributed by atoms with E-state index >= 15 is 0 Å². The third kappa shape index (κ3) is 3.28. The van der Waals surface area contributed by atoms with E-state index in [0.717, 1.165) is 30.6 Å². The van der Waals surface area contributed by atoms with Gasteiger partial charge in [0.25, 0.3) is 0 Å². The number of rotatable bonds is 4. The average Bonchev–Trinajstić information content (AvgIpc) is 3.12. The van der Waals surface area contributed by atoms with Crippen LogP contribution < -0.4 is 11.1 Å². The van der Waals surface area contributed by atoms with Gasteiger partial charge in [-0.1, -0.05) is 6.42 Å². The van der Waals surface area contributed by atoms with Crippen LogP contribution in [0.4, 0.5) is 5.69 Å². The maximum Gasteiger partial charge on any atom is 0.224 e. The molecular weight excluding hydrogens is 266 g/mol. The van der Waals surface area contributed by atoms with E-state index < -0.39 is 0 Å². The van der Waals surface area contributed by atoms with Gasteiger partial charge in [-0.05, 0) is 43.0 Å². The summed E-state index contributed by atoms with van der Waals surface area (Å²) in [5.74, 6) is 0.347. The second kappa shape index (κ2) is 6.05. The molecule has 3 rings (SSSR count). The van der Waals surface area contributed by atoms with Crippen molar-refractivity contribution in [3.05, 3.63) is 36.7 Å². The number of hydrogen-bond acceptors (Lipinski definition) is 4. The lowest BCUT2D eigenvalue weighted by atomic mass is 10.00. The molecule has 0 radical (unpaired) electrons. The van der Waals surface area contributed by atoms with Crippen LogP contribution in [-0.4, -0.2) is 26.9 Å². The van der Waals surface area contributed by atoms with Gasteiger partial charge in [-0.3, -0.25) is 4.79 Å². The van der Waals surface area contributed by atoms with Crippen molar-refractivity contribution in [3.63, 3.8) is 0 Å². The summed E-state index contributed by atoms with van der Waals surface area (Å²) in [5.41, 5.74) is 7.64. The molecule has 6 nitrogen and oxygen atoms in total. The highest BCUT2D eigenvalue weighted by Crippen LogP contribution is 2.27. The number of hydrogen-bond donors (Lipinski definition) is 2. The third-order valence-electron chi connectivity index (χ3n) is 3.97. The summed E-state index contributed by atoms with van der Waals surface area (Å²) in [6.07, 6.45) is 6.97. The van der Waals surface area contributed by atoms with Crippen LogP contribution in [0.25, 0.3) is 5.69 Å². The van der Waals surface area contributed by atoms with E-state index in [0.29, 0.717) is 12.3 Å². The monoisotopic (exact) mass is 285 g/mol. The Kier molecular flexibility index (Phi) is 3.96. The van der Waals surface area contributed by atoms with Gasteiger partial charge < -0.3 is 11.1 Å². The molecule has 0 bridgehead atoms. The fourth-order valence-corrected chi connectivity index (χ4v) is 2.80. The molecule has 1 heterocycles. The molecule has 0 spiro atoms. The first-order chi connectivity index (χ1) is 10.2. The molecule has 0 aliphatic heterocycles. The number of aromatic nitrogens is 3. The molecule has 1 aliphatic carbocycles. The molecule has 3 N–H and O–H groups in total. The molecule has 1 fully saturated rings. The number of benzene rings is 1. The number of nitrogens with one attached hydrogen (secondary N) is 1. The first kappa shape index (κ1) is 13.8. The number of carbonyl (C=O) groups is 1. The van der Waals surface area contributed by atoms with Gasteiger partial charge in [0.05, 0.1) is 18.1 Å². The Morgan fingerprint density at radius 2 is 1.95 bits per heavy atom. The second-order valence-corrected chi connectivity index (χ2v) is 5.47. The highest BCUT2D eigenvalue weighted by Gasteiger charge is 2.25. The molecule has 1 saturated carbocycles. The van der Waals surface area contributed by atoms with Crippen LogP contribution in [0.1, 0.15) is 25.7 Å². The summed E-state index contributed by atoms with van der Waals surface area (Å²) in [4.78, 5) is 13.6. The van der Waals surface area contributed by atoms with Gasteiger partial charge in [0, 0.05) is 18.2 Å². The highest BCUT2D eigenvalue weighted by atomic mass is 16.1. The lowest BCUT2D eigenvalue weighted by Gasteiger charge is -2.14. The smallest absolute Gasteiger partial charge is 0.224 e. The van der Waals surface area contributed by atoms with Crippen LogP contribution in [0.15, 0.2) is 36.7 Å². The molecule has 1 amide bonds. The van der Waals surface area contributed by atoms with Crippen LogP contribution in [0.2, 0.25) is 0 Å². The van der Waals surface area contributed by atoms with Gasteiger partial charge in [0.15, 0.2) is 0 Å². The minimum atomic E-state index is 0.0299. The molecule has 1 aliphatic rings. The van der Waals surface area contributed by atoms with Crippen molar-refractivity contribution >= 4 is 11.6 Å². The van der Waals surface area contributed by atoms with E-state index in [1.165, 1.54) is 4.80 Å². The topological polar surface area (TPSA) is 85.8 Å². The van der Waals surface area contributed by atoms with Crippen LogP contribution in [0, 0.1) is 5.92 Å². The Hall–Kier alpha value is -2.21. The molecule has 1 aromatic heterocycles. The Balaban J connectivity index is 1.58. The zero-order valence-electron chi connectivity index (χ0n) is 11.8. The fraction of sp³-hybridized carbons (Fsp3) is 0.400. The van der Waals surface area contributed by atoms with E-state index in [-0.39, 0.29) is 11.9 Å². The van der Waals surface area contributed by atoms with Crippen molar-refractivity contribution in [1.82, 2.24) is 15.0 Å². The zero-order valence-corrected chi connectivity index (χ0v) is 11.8. The fourth-order valence-electron chi connectivity index (χ4n) is 2.80. The van der Waals surface area contributed by atoms with E-state index in [9.17, 15) is 4.79 Å². The van der Waals surface area contributed by atoms with Crippen molar-refractivity contribution in [3.8, 4) is 5.69 Å². The highest BCUT2D eigenvalue weighted by molar-refractivity contribution is 5.91. The zero-order chi connectivity index (χ0) is 14.7. The van der Waals surface area contributed by atoms with Crippen molar-refractivity contribution in [2.24, 2.45) is 11.7 Å². The lowest BCUT2D eigenvalue weighted by molar-refractivity contribution is -0.117. The molecule has 0 unspecified atom stereocenters. The largest absolute Gasteiger partial charge is 0.327 e. The first-order valence-corrected chi connectivity index (χ1v) is 7.24. The van der Waals surface area contributed by atoms with Gasteiger partial charge in [0.2, 0.25) is 5.91 Å². The second-order valence-electron chi connectivity index (χ2n) is 5.47. The van der Waals surface area contributed by atoms with Crippen molar-refractivity contribution in [2.45, 2.75) is 31.7 Å². The molecule has 6 heteroatoms. The number of carbonyl (C=O) groups excluding carboxylic acids is 1. The van der Waals surface area contributed by atoms with Crippen LogP contribution >= 0.6 is 0 Å². The van der Waals surface area contributed by atoms with Crippen LogP contribution in [0.3, 0.4) is 0 Å². The van der Waals surface area contributed by atoms with E-state index in [1.54, 1.807) is 12.4 Å². The van der Waals surface area contributed by atoms with Gasteiger partial charge in [-0.15, -0.1) is 0 Å². The number of amides is 1. The number of nitrogens with zero attached hydrogens (tertiary/aromatic N) is 3. The Labute approximate surface area is 123 Å². The van der Waals surface area contributed by atoms with Gasteiger partial charge in [0.1, 0.15) is 0 Å². The summed E-state index contributed by atoms with van der Waals surface area (Å²) in [6.45, 7) is 0. The van der Waals surface area contributed by atoms with E-state index in [4.69, 9.17) is 5.73 Å². The van der Waals surface area contributed by atoms with E-state index in [2.05, 4.69) is 15.5 Å². The minimum absolute atomic E-state index is 0.0299. The van der Waals surface area contributed by atoms with Crippen molar-refractivity contribution in [2.75, 3.05) is 5.32 Å². The number of anilines is 1. The Morgan fingerprint density at radius 3 is 2.57 bits per heavy atom. The Morgan fingerprint density at radius 1 is 1.24 bits per heavy atom. The quantitative estimate of drug-likeness (QED) is 0.895. The maximum atomic E-state index is 12.0. The third-order valence-corrected chi connectivity index (χ3v) is 3.97. The molecular formula is C15H19N5O. The normalized spacial score (nSPS) is 21.4. The predicted molar refractivity (Wildman–Crippen MR) is 79.9 cm³/mol. The molecule has 2 atom stereocenters. The summed E-state index contributed by atoms with van der Waals surface area (Å²) in [6, 6.07) is 7.62. The summed E-state index contributed by atoms with van der Waals surface area (Å²) < 4.78 is 0. The average molecular weight is 285 g/mol. The van der Waals surface area contributed by atoms with E-state index in [1.807, 2.05) is 24.3 Å². The molecule has 2 aromatic rings. The lowest BCUT2D eigenvalue weighted by Crippen LogP contribution is -2.28. The van der Waals surface area contributed by atoms with Crippen molar-refractivity contribution < 1.29 is 4.79 Å². The van der Waals surface area contributed by atoms with Gasteiger partial charge in [-0.2, -0.15) is 15.0 Å². The summed E-state index contributed by atoms with van der Waals surface area (Å²) >= 11 is 0. The molecule has 21 heavy (non-hydrogen) atoms. The predicted octanol–water partition coefficient (Wildman–Crippen LogP) is 1.72. The maximum absolute atomic E-state index is 12.0. The number of nitrogens with two attached hydrogens (primary N) is 1. The standard InChI is InChI=1S/C15H19N5O/c16-14-3-1-2-11(14)10-15(21)19-12-4-6-13(7-5-12)20-17-8-9-18-20/h4-9,11,14H,1-3,10,16H2,(H,19,21)/t11-,14+/m0/s1. The minimum Gasteiger partial charge on any atom is -0.327 e. The molecule has 0 saturated heterocycles. The van der Waals surface area contributed by atoms with Crippen LogP contribution in [0.5, 0.6) is 0 Å².